The number of halogens is 1. The second-order valence-electron chi connectivity index (χ2n) is 6.58. The van der Waals surface area contributed by atoms with Gasteiger partial charge in [0.25, 0.3) is 0 Å². The van der Waals surface area contributed by atoms with Gasteiger partial charge in [-0.2, -0.15) is 0 Å². The van der Waals surface area contributed by atoms with Gasteiger partial charge >= 0.3 is 0 Å². The van der Waals surface area contributed by atoms with E-state index in [9.17, 15) is 4.79 Å². The van der Waals surface area contributed by atoms with Crippen LogP contribution in [0.5, 0.6) is 0 Å². The molecule has 6 heteroatoms. The predicted octanol–water partition coefficient (Wildman–Crippen LogP) is 2.65. The highest BCUT2D eigenvalue weighted by Gasteiger charge is 2.26. The molecule has 0 saturated heterocycles. The van der Waals surface area contributed by atoms with Gasteiger partial charge in [-0.05, 0) is 32.3 Å². The number of carbonyl (C=O) groups is 1. The van der Waals surface area contributed by atoms with E-state index in [0.29, 0.717) is 18.4 Å². The maximum atomic E-state index is 11.8. The Morgan fingerprint density at radius 3 is 2.29 bits per heavy atom. The fourth-order valence-corrected chi connectivity index (χ4v) is 2.21. The first kappa shape index (κ1) is 22.7. The topological polar surface area (TPSA) is 65.5 Å². The van der Waals surface area contributed by atoms with Gasteiger partial charge in [0.2, 0.25) is 5.91 Å². The van der Waals surface area contributed by atoms with Crippen molar-refractivity contribution < 1.29 is 4.79 Å². The molecule has 1 aromatic rings. The summed E-state index contributed by atoms with van der Waals surface area (Å²) in [7, 11) is 3.39. The van der Waals surface area contributed by atoms with Crippen molar-refractivity contribution in [3.63, 3.8) is 0 Å². The third-order valence-corrected chi connectivity index (χ3v) is 3.99. The van der Waals surface area contributed by atoms with Crippen LogP contribution in [0, 0.1) is 12.3 Å². The lowest BCUT2D eigenvalue weighted by atomic mass is 9.92. The molecular weight excluding hydrogens is 415 g/mol. The average Bonchev–Trinajstić information content (AvgIpc) is 2.54. The number of nitrogens with one attached hydrogen (secondary N) is 3. The minimum atomic E-state index is -0.491. The van der Waals surface area contributed by atoms with Gasteiger partial charge in [-0.15, -0.1) is 24.0 Å². The Labute approximate surface area is 163 Å². The summed E-state index contributed by atoms with van der Waals surface area (Å²) in [4.78, 5) is 16.0. The molecule has 5 nitrogen and oxygen atoms in total. The molecule has 1 aromatic carbocycles. The molecule has 1 rings (SSSR count). The van der Waals surface area contributed by atoms with Crippen molar-refractivity contribution in [1.82, 2.24) is 16.0 Å². The highest BCUT2D eigenvalue weighted by molar-refractivity contribution is 14.0. The van der Waals surface area contributed by atoms with E-state index in [4.69, 9.17) is 0 Å². The first-order valence-electron chi connectivity index (χ1n) is 8.03. The van der Waals surface area contributed by atoms with Gasteiger partial charge in [0.1, 0.15) is 0 Å². The maximum absolute atomic E-state index is 11.8. The highest BCUT2D eigenvalue weighted by Crippen LogP contribution is 2.15. The fourth-order valence-electron chi connectivity index (χ4n) is 2.21. The van der Waals surface area contributed by atoms with Gasteiger partial charge in [0, 0.05) is 27.2 Å². The summed E-state index contributed by atoms with van der Waals surface area (Å²) in [6, 6.07) is 8.58. The summed E-state index contributed by atoms with van der Waals surface area (Å²) < 4.78 is 0. The minimum Gasteiger partial charge on any atom is -0.359 e. The average molecular weight is 446 g/mol. The van der Waals surface area contributed by atoms with Crippen LogP contribution in [-0.2, 0) is 4.79 Å². The Bertz CT molecular complexity index is 540. The summed E-state index contributed by atoms with van der Waals surface area (Å²) in [5, 5.41) is 9.22. The second-order valence-corrected chi connectivity index (χ2v) is 6.58. The van der Waals surface area contributed by atoms with E-state index in [1.54, 1.807) is 14.1 Å². The van der Waals surface area contributed by atoms with Gasteiger partial charge < -0.3 is 16.0 Å². The van der Waals surface area contributed by atoms with Gasteiger partial charge in [-0.1, -0.05) is 36.8 Å². The number of carbonyl (C=O) groups excluding carboxylic acids is 1. The van der Waals surface area contributed by atoms with Crippen LogP contribution in [0.3, 0.4) is 0 Å². The summed E-state index contributed by atoms with van der Waals surface area (Å²) in [5.74, 6) is 1.09. The highest BCUT2D eigenvalue weighted by atomic mass is 127. The molecule has 24 heavy (non-hydrogen) atoms. The molecule has 0 fully saturated rings. The van der Waals surface area contributed by atoms with E-state index in [1.807, 2.05) is 13.8 Å². The quantitative estimate of drug-likeness (QED) is 0.358. The Morgan fingerprint density at radius 1 is 1.21 bits per heavy atom. The molecule has 0 heterocycles. The number of benzene rings is 1. The van der Waals surface area contributed by atoms with Crippen LogP contribution in [0.4, 0.5) is 0 Å². The van der Waals surface area contributed by atoms with E-state index in [-0.39, 0.29) is 29.9 Å². The standard InChI is InChI=1S/C18H30N4O.HI/c1-13-7-9-15(10-8-13)14(2)11-21-17(20-6)22-12-18(3,4)16(23)19-5;/h7-10,14H,11-12H2,1-6H3,(H,19,23)(H2,20,21,22);1H. The van der Waals surface area contributed by atoms with Gasteiger partial charge in [0.15, 0.2) is 5.96 Å². The van der Waals surface area contributed by atoms with E-state index in [1.165, 1.54) is 11.1 Å². The van der Waals surface area contributed by atoms with E-state index < -0.39 is 5.41 Å². The molecular formula is C18H31IN4O. The molecule has 3 N–H and O–H groups in total. The van der Waals surface area contributed by atoms with Crippen LogP contribution < -0.4 is 16.0 Å². The lowest BCUT2D eigenvalue weighted by Crippen LogP contribution is -2.47. The largest absolute Gasteiger partial charge is 0.359 e. The third-order valence-electron chi connectivity index (χ3n) is 3.99. The summed E-state index contributed by atoms with van der Waals surface area (Å²) in [6.45, 7) is 9.38. The van der Waals surface area contributed by atoms with Crippen molar-refractivity contribution in [2.75, 3.05) is 27.2 Å². The first-order chi connectivity index (χ1) is 10.8. The van der Waals surface area contributed by atoms with Crippen molar-refractivity contribution in [3.8, 4) is 0 Å². The minimum absolute atomic E-state index is 0. The number of aryl methyl sites for hydroxylation is 1. The molecule has 136 valence electrons. The van der Waals surface area contributed by atoms with Crippen molar-refractivity contribution >= 4 is 35.8 Å². The SMILES string of the molecule is CN=C(NCC(C)c1ccc(C)cc1)NCC(C)(C)C(=O)NC.I. The van der Waals surface area contributed by atoms with E-state index in [2.05, 4.69) is 59.1 Å². The second kappa shape index (κ2) is 10.5. The zero-order valence-corrected chi connectivity index (χ0v) is 17.9. The summed E-state index contributed by atoms with van der Waals surface area (Å²) in [5.41, 5.74) is 2.07. The maximum Gasteiger partial charge on any atom is 0.227 e. The summed E-state index contributed by atoms with van der Waals surface area (Å²) in [6.07, 6.45) is 0. The van der Waals surface area contributed by atoms with Gasteiger partial charge in [-0.3, -0.25) is 9.79 Å². The predicted molar refractivity (Wildman–Crippen MR) is 112 cm³/mol. The number of nitrogens with zero attached hydrogens (tertiary/aromatic N) is 1. The van der Waals surface area contributed by atoms with E-state index in [0.717, 1.165) is 6.54 Å². The molecule has 0 spiro atoms. The molecule has 0 aliphatic heterocycles. The Morgan fingerprint density at radius 2 is 1.79 bits per heavy atom. The zero-order chi connectivity index (χ0) is 17.5. The fraction of sp³-hybridized carbons (Fsp3) is 0.556. The normalized spacial score (nSPS) is 12.8. The molecule has 1 atom stereocenters. The molecule has 1 unspecified atom stereocenters. The monoisotopic (exact) mass is 446 g/mol. The van der Waals surface area contributed by atoms with Gasteiger partial charge in [0.05, 0.1) is 5.41 Å². The molecule has 0 radical (unpaired) electrons. The van der Waals surface area contributed by atoms with Crippen LogP contribution in [0.1, 0.15) is 37.8 Å². The number of aliphatic imine (C=N–C) groups is 1. The smallest absolute Gasteiger partial charge is 0.227 e. The number of hydrogen-bond donors (Lipinski definition) is 3. The van der Waals surface area contributed by atoms with Crippen molar-refractivity contribution in [2.45, 2.75) is 33.6 Å². The number of amides is 1. The van der Waals surface area contributed by atoms with Crippen LogP contribution in [0.2, 0.25) is 0 Å². The van der Waals surface area contributed by atoms with Crippen LogP contribution in [0.15, 0.2) is 29.3 Å². The molecule has 0 aromatic heterocycles. The number of hydrogen-bond acceptors (Lipinski definition) is 2. The van der Waals surface area contributed by atoms with Crippen LogP contribution in [0.25, 0.3) is 0 Å². The molecule has 0 aliphatic rings. The summed E-state index contributed by atoms with van der Waals surface area (Å²) >= 11 is 0. The lowest BCUT2D eigenvalue weighted by molar-refractivity contribution is -0.128. The van der Waals surface area contributed by atoms with Crippen molar-refractivity contribution in [3.05, 3.63) is 35.4 Å². The van der Waals surface area contributed by atoms with Crippen molar-refractivity contribution in [2.24, 2.45) is 10.4 Å². The molecule has 0 saturated carbocycles. The number of rotatable bonds is 6. The van der Waals surface area contributed by atoms with E-state index >= 15 is 0 Å². The Hall–Kier alpha value is -1.31. The first-order valence-corrected chi connectivity index (χ1v) is 8.03. The molecule has 0 aliphatic carbocycles. The van der Waals surface area contributed by atoms with Crippen molar-refractivity contribution in [1.29, 1.82) is 0 Å². The van der Waals surface area contributed by atoms with Gasteiger partial charge in [-0.25, -0.2) is 0 Å². The Balaban J connectivity index is 0.00000529. The molecule has 1 amide bonds. The zero-order valence-electron chi connectivity index (χ0n) is 15.6. The van der Waals surface area contributed by atoms with Crippen LogP contribution in [-0.4, -0.2) is 39.1 Å². The Kier molecular flexibility index (Phi) is 9.96. The molecule has 0 bridgehead atoms. The lowest BCUT2D eigenvalue weighted by Gasteiger charge is -2.24. The third kappa shape index (κ3) is 7.07. The van der Waals surface area contributed by atoms with Crippen LogP contribution >= 0.6 is 24.0 Å². The number of guanidine groups is 1.